The van der Waals surface area contributed by atoms with Gasteiger partial charge in [-0.1, -0.05) is 0 Å². The Morgan fingerprint density at radius 1 is 1.07 bits per heavy atom. The largest absolute Gasteiger partial charge is 0.353 e. The van der Waals surface area contributed by atoms with Crippen LogP contribution in [0.15, 0.2) is 30.6 Å². The number of hydrogen-bond donors (Lipinski definition) is 1. The monoisotopic (exact) mass is 397 g/mol. The van der Waals surface area contributed by atoms with Crippen LogP contribution < -0.4 is 5.32 Å². The quantitative estimate of drug-likeness (QED) is 0.865. The molecule has 3 amide bonds. The Bertz CT molecular complexity index is 861. The van der Waals surface area contributed by atoms with Crippen molar-refractivity contribution in [3.63, 3.8) is 0 Å². The summed E-state index contributed by atoms with van der Waals surface area (Å²) in [7, 11) is 3.54. The molecule has 156 valence electrons. The second kappa shape index (κ2) is 8.43. The van der Waals surface area contributed by atoms with Gasteiger partial charge in [0.05, 0.1) is 0 Å². The predicted octanol–water partition coefficient (Wildman–Crippen LogP) is 3.03. The topological polar surface area (TPSA) is 70.5 Å². The minimum atomic E-state index is 0.0246. The summed E-state index contributed by atoms with van der Waals surface area (Å²) in [6.45, 7) is 1.32. The fraction of sp³-hybridized carbons (Fsp3) is 0.591. The molecule has 7 nitrogen and oxygen atoms in total. The van der Waals surface area contributed by atoms with Crippen LogP contribution in [0.25, 0.3) is 11.0 Å². The van der Waals surface area contributed by atoms with Crippen molar-refractivity contribution in [3.05, 3.63) is 30.6 Å². The minimum Gasteiger partial charge on any atom is -0.353 e. The van der Waals surface area contributed by atoms with Crippen LogP contribution in [0.5, 0.6) is 0 Å². The maximum atomic E-state index is 12.7. The summed E-state index contributed by atoms with van der Waals surface area (Å²) < 4.78 is 2.30. The normalized spacial score (nSPS) is 23.2. The zero-order valence-corrected chi connectivity index (χ0v) is 17.4. The van der Waals surface area contributed by atoms with Gasteiger partial charge in [-0.15, -0.1) is 0 Å². The Kier molecular flexibility index (Phi) is 5.74. The van der Waals surface area contributed by atoms with Gasteiger partial charge in [-0.3, -0.25) is 4.79 Å². The smallest absolute Gasteiger partial charge is 0.319 e. The average Bonchev–Trinajstić information content (AvgIpc) is 3.18. The Morgan fingerprint density at radius 2 is 1.79 bits per heavy atom. The lowest BCUT2D eigenvalue weighted by Gasteiger charge is -2.35. The van der Waals surface area contributed by atoms with Crippen molar-refractivity contribution >= 4 is 23.0 Å². The second-order valence-electron chi connectivity index (χ2n) is 8.59. The summed E-state index contributed by atoms with van der Waals surface area (Å²) in [6, 6.07) is 6.95. The summed E-state index contributed by atoms with van der Waals surface area (Å²) in [5.41, 5.74) is 1.05. The van der Waals surface area contributed by atoms with Crippen LogP contribution in [-0.4, -0.2) is 64.5 Å². The molecular weight excluding hydrogens is 366 g/mol. The highest BCUT2D eigenvalue weighted by Crippen LogP contribution is 2.31. The van der Waals surface area contributed by atoms with Crippen LogP contribution in [0, 0.1) is 5.92 Å². The summed E-state index contributed by atoms with van der Waals surface area (Å²) in [5.74, 6) is 0.190. The molecule has 29 heavy (non-hydrogen) atoms. The maximum Gasteiger partial charge on any atom is 0.319 e. The van der Waals surface area contributed by atoms with Crippen molar-refractivity contribution < 1.29 is 9.59 Å². The molecule has 1 aliphatic carbocycles. The summed E-state index contributed by atoms with van der Waals surface area (Å²) in [5, 5.41) is 4.46. The van der Waals surface area contributed by atoms with Crippen molar-refractivity contribution in [2.75, 3.05) is 27.2 Å². The molecule has 0 bridgehead atoms. The first-order valence-electron chi connectivity index (χ1n) is 10.7. The molecule has 1 saturated heterocycles. The van der Waals surface area contributed by atoms with Crippen molar-refractivity contribution in [3.8, 4) is 0 Å². The van der Waals surface area contributed by atoms with Crippen LogP contribution in [0.3, 0.4) is 0 Å². The van der Waals surface area contributed by atoms with Gasteiger partial charge in [-0.25, -0.2) is 9.78 Å². The van der Waals surface area contributed by atoms with E-state index in [1.165, 1.54) is 5.39 Å². The Labute approximate surface area is 172 Å². The number of nitrogens with zero attached hydrogens (tertiary/aromatic N) is 4. The first kappa shape index (κ1) is 19.7. The molecule has 4 rings (SSSR count). The number of amides is 3. The van der Waals surface area contributed by atoms with E-state index >= 15 is 0 Å². The van der Waals surface area contributed by atoms with Crippen LogP contribution in [0.4, 0.5) is 4.79 Å². The van der Waals surface area contributed by atoms with Gasteiger partial charge in [0.25, 0.3) is 0 Å². The van der Waals surface area contributed by atoms with Gasteiger partial charge in [-0.05, 0) is 56.7 Å². The minimum absolute atomic E-state index is 0.0246. The van der Waals surface area contributed by atoms with Gasteiger partial charge in [-0.2, -0.15) is 0 Å². The average molecular weight is 398 g/mol. The van der Waals surface area contributed by atoms with Gasteiger partial charge in [0.15, 0.2) is 0 Å². The highest BCUT2D eigenvalue weighted by atomic mass is 16.2. The Hall–Kier alpha value is -2.57. The van der Waals surface area contributed by atoms with Crippen molar-refractivity contribution in [1.82, 2.24) is 24.7 Å². The van der Waals surface area contributed by atoms with Crippen LogP contribution in [-0.2, 0) is 4.79 Å². The van der Waals surface area contributed by atoms with E-state index in [4.69, 9.17) is 0 Å². The number of carbonyl (C=O) groups excluding carboxylic acids is 2. The van der Waals surface area contributed by atoms with Crippen molar-refractivity contribution in [1.29, 1.82) is 0 Å². The molecule has 1 N–H and O–H groups in total. The third-order valence-electron chi connectivity index (χ3n) is 6.43. The summed E-state index contributed by atoms with van der Waals surface area (Å²) in [4.78, 5) is 32.7. The van der Waals surface area contributed by atoms with Crippen molar-refractivity contribution in [2.24, 2.45) is 5.92 Å². The van der Waals surface area contributed by atoms with Crippen molar-refractivity contribution in [2.45, 2.75) is 50.6 Å². The number of aromatic nitrogens is 2. The summed E-state index contributed by atoms with van der Waals surface area (Å²) in [6.07, 6.45) is 9.61. The van der Waals surface area contributed by atoms with Crippen LogP contribution in [0.2, 0.25) is 0 Å². The van der Waals surface area contributed by atoms with E-state index in [2.05, 4.69) is 33.2 Å². The number of likely N-dealkylation sites (tertiary alicyclic amines) is 1. The predicted molar refractivity (Wildman–Crippen MR) is 113 cm³/mol. The fourth-order valence-corrected chi connectivity index (χ4v) is 4.71. The summed E-state index contributed by atoms with van der Waals surface area (Å²) >= 11 is 0. The molecule has 2 fully saturated rings. The second-order valence-corrected chi connectivity index (χ2v) is 8.59. The molecule has 0 atom stereocenters. The molecule has 1 saturated carbocycles. The van der Waals surface area contributed by atoms with Crippen LogP contribution >= 0.6 is 0 Å². The third-order valence-corrected chi connectivity index (χ3v) is 6.43. The zero-order chi connectivity index (χ0) is 20.4. The lowest BCUT2D eigenvalue weighted by Crippen LogP contribution is -2.48. The zero-order valence-electron chi connectivity index (χ0n) is 17.4. The van der Waals surface area contributed by atoms with E-state index in [9.17, 15) is 9.59 Å². The number of fused-ring (bicyclic) bond motifs is 1. The highest BCUT2D eigenvalue weighted by Gasteiger charge is 2.30. The van der Waals surface area contributed by atoms with E-state index in [0.717, 1.165) is 44.2 Å². The third kappa shape index (κ3) is 4.23. The van der Waals surface area contributed by atoms with E-state index in [1.54, 1.807) is 19.0 Å². The van der Waals surface area contributed by atoms with Gasteiger partial charge in [0.1, 0.15) is 5.65 Å². The molecule has 3 heterocycles. The molecular formula is C22H31N5O2. The highest BCUT2D eigenvalue weighted by molar-refractivity contribution is 5.80. The molecule has 0 aromatic carbocycles. The molecule has 0 spiro atoms. The number of carbonyl (C=O) groups is 2. The van der Waals surface area contributed by atoms with Gasteiger partial charge >= 0.3 is 6.03 Å². The van der Waals surface area contributed by atoms with Gasteiger partial charge in [0, 0.05) is 63.0 Å². The lowest BCUT2D eigenvalue weighted by atomic mass is 9.89. The maximum absolute atomic E-state index is 12.7. The molecule has 2 aromatic rings. The van der Waals surface area contributed by atoms with Gasteiger partial charge < -0.3 is 19.7 Å². The number of nitrogens with one attached hydrogen (secondary N) is 1. The fourth-order valence-electron chi connectivity index (χ4n) is 4.71. The first-order chi connectivity index (χ1) is 14.0. The molecule has 0 radical (unpaired) electrons. The number of rotatable bonds is 3. The molecule has 2 aromatic heterocycles. The lowest BCUT2D eigenvalue weighted by molar-refractivity contribution is -0.127. The van der Waals surface area contributed by atoms with E-state index in [1.807, 2.05) is 17.2 Å². The van der Waals surface area contributed by atoms with E-state index in [0.29, 0.717) is 19.1 Å². The Balaban J connectivity index is 1.26. The number of pyridine rings is 1. The number of hydrogen-bond acceptors (Lipinski definition) is 3. The molecule has 2 aliphatic rings. The molecule has 0 unspecified atom stereocenters. The standard InChI is InChI=1S/C22H31N5O2/c1-25(2)22(29)26-13-9-17(10-14-26)21(28)24-18-5-7-19(8-6-18)27-15-11-16-4-3-12-23-20(16)27/h3-4,11-12,15,17-19H,5-10,13-14H2,1-2H3,(H,24,28). The number of urea groups is 1. The van der Waals surface area contributed by atoms with Gasteiger partial charge in [0.2, 0.25) is 5.91 Å². The SMILES string of the molecule is CN(C)C(=O)N1CCC(C(=O)NC2CCC(n3ccc4cccnc43)CC2)CC1. The van der Waals surface area contributed by atoms with E-state index < -0.39 is 0 Å². The van der Waals surface area contributed by atoms with Crippen LogP contribution in [0.1, 0.15) is 44.6 Å². The molecule has 1 aliphatic heterocycles. The van der Waals surface area contributed by atoms with E-state index in [-0.39, 0.29) is 23.9 Å². The molecule has 7 heteroatoms. The first-order valence-corrected chi connectivity index (χ1v) is 10.7. The number of piperidine rings is 1. The Morgan fingerprint density at radius 3 is 2.48 bits per heavy atom.